The first-order chi connectivity index (χ1) is 23.1. The van der Waals surface area contributed by atoms with Crippen molar-refractivity contribution in [3.63, 3.8) is 0 Å². The van der Waals surface area contributed by atoms with Gasteiger partial charge in [-0.1, -0.05) is 91.0 Å². The minimum atomic E-state index is -0.374. The first-order valence-electron chi connectivity index (χ1n) is 15.8. The highest BCUT2D eigenvalue weighted by atomic mass is 16.5. The van der Waals surface area contributed by atoms with Crippen LogP contribution in [0.4, 0.5) is 0 Å². The fourth-order valence-corrected chi connectivity index (χ4v) is 5.20. The van der Waals surface area contributed by atoms with Gasteiger partial charge in [0.25, 0.3) is 5.91 Å². The number of para-hydroxylation sites is 1. The summed E-state index contributed by atoms with van der Waals surface area (Å²) in [6, 6.07) is 45.1. The fourth-order valence-electron chi connectivity index (χ4n) is 5.20. The molecule has 0 radical (unpaired) electrons. The Balaban J connectivity index is 1.21. The van der Waals surface area contributed by atoms with Gasteiger partial charge in [-0.2, -0.15) is 0 Å². The Hall–Kier alpha value is -5.40. The van der Waals surface area contributed by atoms with Crippen LogP contribution in [-0.4, -0.2) is 48.5 Å². The fraction of sp³-hybridized carbons (Fsp3) is 0.200. The molecule has 0 aliphatic rings. The quantitative estimate of drug-likeness (QED) is 0.104. The molecule has 0 aromatic heterocycles. The number of esters is 1. The van der Waals surface area contributed by atoms with Gasteiger partial charge in [-0.25, -0.2) is 0 Å². The molecule has 0 N–H and O–H groups in total. The summed E-state index contributed by atoms with van der Waals surface area (Å²) in [6.45, 7) is 3.38. The molecule has 0 aliphatic heterocycles. The van der Waals surface area contributed by atoms with Crippen molar-refractivity contribution in [3.8, 4) is 17.2 Å². The van der Waals surface area contributed by atoms with E-state index >= 15 is 0 Å². The van der Waals surface area contributed by atoms with Gasteiger partial charge in [0, 0.05) is 38.3 Å². The molecule has 0 unspecified atom stereocenters. The summed E-state index contributed by atoms with van der Waals surface area (Å²) in [5.74, 6) is 1.52. The molecule has 0 saturated heterocycles. The van der Waals surface area contributed by atoms with Crippen molar-refractivity contribution < 1.29 is 23.8 Å². The number of methoxy groups -OCH3 is 1. The molecule has 5 aromatic rings. The predicted octanol–water partition coefficient (Wildman–Crippen LogP) is 7.77. The van der Waals surface area contributed by atoms with Crippen molar-refractivity contribution in [1.29, 1.82) is 0 Å². The molecular formula is C40H40N2O5. The maximum atomic E-state index is 13.7. The Bertz CT molecular complexity index is 1640. The van der Waals surface area contributed by atoms with Crippen LogP contribution in [0, 0.1) is 0 Å². The minimum absolute atomic E-state index is 0.0894. The summed E-state index contributed by atoms with van der Waals surface area (Å²) in [4.78, 5) is 29.7. The topological polar surface area (TPSA) is 68.3 Å². The number of rotatable bonds is 16. The number of hydrogen-bond acceptors (Lipinski definition) is 6. The molecule has 0 saturated carbocycles. The molecule has 240 valence electrons. The van der Waals surface area contributed by atoms with Crippen molar-refractivity contribution >= 4 is 11.9 Å². The lowest BCUT2D eigenvalue weighted by atomic mass is 10.1. The number of carbonyl (C=O) groups excluding carboxylic acids is 2. The molecule has 5 aromatic carbocycles. The average molecular weight is 629 g/mol. The summed E-state index contributed by atoms with van der Waals surface area (Å²) in [5.41, 5.74) is 3.89. The number of amides is 1. The van der Waals surface area contributed by atoms with Crippen molar-refractivity contribution in [3.05, 3.63) is 162 Å². The van der Waals surface area contributed by atoms with Crippen LogP contribution in [0.25, 0.3) is 0 Å². The van der Waals surface area contributed by atoms with Crippen LogP contribution in [-0.2, 0) is 29.2 Å². The van der Waals surface area contributed by atoms with E-state index in [4.69, 9.17) is 14.2 Å². The molecule has 0 aliphatic carbocycles. The Kier molecular flexibility index (Phi) is 12.2. The minimum Gasteiger partial charge on any atom is -0.492 e. The Morgan fingerprint density at radius 3 is 1.77 bits per heavy atom. The van der Waals surface area contributed by atoms with Gasteiger partial charge in [0.05, 0.1) is 13.5 Å². The second kappa shape index (κ2) is 17.3. The molecule has 1 amide bonds. The van der Waals surface area contributed by atoms with Gasteiger partial charge in [-0.15, -0.1) is 0 Å². The van der Waals surface area contributed by atoms with Crippen molar-refractivity contribution in [1.82, 2.24) is 9.80 Å². The normalized spacial score (nSPS) is 10.8. The van der Waals surface area contributed by atoms with Gasteiger partial charge in [0.1, 0.15) is 23.9 Å². The maximum Gasteiger partial charge on any atom is 0.307 e. The number of hydrogen-bond donors (Lipinski definition) is 0. The third kappa shape index (κ3) is 10.6. The molecule has 47 heavy (non-hydrogen) atoms. The zero-order valence-electron chi connectivity index (χ0n) is 26.7. The first kappa shape index (κ1) is 33.0. The third-order valence-electron chi connectivity index (χ3n) is 7.63. The summed E-state index contributed by atoms with van der Waals surface area (Å²) >= 11 is 0. The smallest absolute Gasteiger partial charge is 0.307 e. The first-order valence-corrected chi connectivity index (χ1v) is 15.8. The summed E-state index contributed by atoms with van der Waals surface area (Å²) in [5, 5.41) is 0. The maximum absolute atomic E-state index is 13.7. The highest BCUT2D eigenvalue weighted by Gasteiger charge is 2.19. The van der Waals surface area contributed by atoms with E-state index in [-0.39, 0.29) is 24.8 Å². The van der Waals surface area contributed by atoms with E-state index in [0.29, 0.717) is 30.2 Å². The van der Waals surface area contributed by atoms with Gasteiger partial charge in [0.2, 0.25) is 0 Å². The predicted molar refractivity (Wildman–Crippen MR) is 183 cm³/mol. The number of nitrogens with zero attached hydrogens (tertiary/aromatic N) is 2. The van der Waals surface area contributed by atoms with E-state index < -0.39 is 0 Å². The van der Waals surface area contributed by atoms with Crippen molar-refractivity contribution in [2.75, 3.05) is 26.8 Å². The van der Waals surface area contributed by atoms with Crippen LogP contribution in [0.2, 0.25) is 0 Å². The van der Waals surface area contributed by atoms with Gasteiger partial charge >= 0.3 is 5.97 Å². The summed E-state index contributed by atoms with van der Waals surface area (Å²) < 4.78 is 16.9. The van der Waals surface area contributed by atoms with Crippen LogP contribution in [0.1, 0.15) is 33.5 Å². The third-order valence-corrected chi connectivity index (χ3v) is 7.63. The number of carbonyl (C=O) groups is 2. The largest absolute Gasteiger partial charge is 0.492 e. The van der Waals surface area contributed by atoms with Crippen molar-refractivity contribution in [2.45, 2.75) is 26.1 Å². The van der Waals surface area contributed by atoms with E-state index in [9.17, 15) is 9.59 Å². The molecule has 5 rings (SSSR count). The molecule has 0 spiro atoms. The van der Waals surface area contributed by atoms with E-state index in [1.165, 1.54) is 18.2 Å². The van der Waals surface area contributed by atoms with Crippen LogP contribution >= 0.6 is 0 Å². The summed E-state index contributed by atoms with van der Waals surface area (Å²) in [6.07, 6.45) is 0.0894. The van der Waals surface area contributed by atoms with Crippen molar-refractivity contribution in [2.24, 2.45) is 0 Å². The average Bonchev–Trinajstić information content (AvgIpc) is 3.11. The van der Waals surface area contributed by atoms with Gasteiger partial charge in [-0.05, 0) is 65.2 Å². The Morgan fingerprint density at radius 1 is 0.574 bits per heavy atom. The Labute approximate surface area is 276 Å². The van der Waals surface area contributed by atoms with Gasteiger partial charge in [0.15, 0.2) is 0 Å². The lowest BCUT2D eigenvalue weighted by Gasteiger charge is -2.23. The van der Waals surface area contributed by atoms with Crippen LogP contribution < -0.4 is 9.47 Å². The molecule has 7 heteroatoms. The van der Waals surface area contributed by atoms with E-state index in [1.54, 1.807) is 17.0 Å². The molecule has 0 atom stereocenters. The number of benzene rings is 5. The van der Waals surface area contributed by atoms with E-state index in [2.05, 4.69) is 53.4 Å². The van der Waals surface area contributed by atoms with E-state index in [1.807, 2.05) is 78.9 Å². The lowest BCUT2D eigenvalue weighted by Crippen LogP contribution is -2.32. The van der Waals surface area contributed by atoms with E-state index in [0.717, 1.165) is 30.9 Å². The summed E-state index contributed by atoms with van der Waals surface area (Å²) in [7, 11) is 1.35. The molecular weight excluding hydrogens is 588 g/mol. The monoisotopic (exact) mass is 628 g/mol. The lowest BCUT2D eigenvalue weighted by molar-refractivity contribution is -0.140. The highest BCUT2D eigenvalue weighted by Crippen LogP contribution is 2.23. The molecule has 7 nitrogen and oxygen atoms in total. The van der Waals surface area contributed by atoms with Crippen LogP contribution in [0.5, 0.6) is 17.2 Å². The zero-order valence-corrected chi connectivity index (χ0v) is 26.7. The Morgan fingerprint density at radius 2 is 1.15 bits per heavy atom. The zero-order chi connectivity index (χ0) is 32.7. The highest BCUT2D eigenvalue weighted by molar-refractivity contribution is 5.94. The van der Waals surface area contributed by atoms with Crippen LogP contribution in [0.15, 0.2) is 140 Å². The van der Waals surface area contributed by atoms with Gasteiger partial charge < -0.3 is 19.1 Å². The van der Waals surface area contributed by atoms with Crippen LogP contribution in [0.3, 0.4) is 0 Å². The number of ether oxygens (including phenoxy) is 3. The standard InChI is InChI=1S/C40H40N2O5/c1-45-39(43)24-25-42(31-34-16-11-19-38(28-34)47-37-17-9-4-10-18-37)40(44)35-20-22-36(23-21-35)46-27-26-41(29-32-12-5-2-6-13-32)30-33-14-7-3-8-15-33/h2-23,28H,24-27,29-31H2,1H3. The second-order valence-corrected chi connectivity index (χ2v) is 11.2. The molecule has 0 heterocycles. The SMILES string of the molecule is COC(=O)CCN(Cc1cccc(Oc2ccccc2)c1)C(=O)c1ccc(OCCN(Cc2ccccc2)Cc2ccccc2)cc1. The second-order valence-electron chi connectivity index (χ2n) is 11.2. The molecule has 0 bridgehead atoms. The molecule has 0 fully saturated rings. The van der Waals surface area contributed by atoms with Gasteiger partial charge in [-0.3, -0.25) is 14.5 Å².